The molecule has 1 aromatic heterocycles. The Morgan fingerprint density at radius 2 is 2.12 bits per heavy atom. The van der Waals surface area contributed by atoms with Gasteiger partial charge in [-0.2, -0.15) is 0 Å². The van der Waals surface area contributed by atoms with Gasteiger partial charge in [0.25, 0.3) is 0 Å². The molecule has 0 saturated carbocycles. The first kappa shape index (κ1) is 18.5. The standard InChI is InChI=1S/C22H29N3O/c1-25-15-6-8-20-17-21(9-10-22(20)25)26-16-4-2-3-12-23-14-11-19-7-5-13-24-18-19/h5-7,9-10,13,15,17-18,23H,2-4,8,11-12,14,16H2,1H3. The number of allylic oxidation sites excluding steroid dienone is 1. The van der Waals surface area contributed by atoms with Crippen LogP contribution in [0.2, 0.25) is 0 Å². The number of hydrogen-bond donors (Lipinski definition) is 1. The van der Waals surface area contributed by atoms with Crippen LogP contribution in [-0.2, 0) is 12.8 Å². The Balaban J connectivity index is 1.24. The lowest BCUT2D eigenvalue weighted by Gasteiger charge is -2.22. The summed E-state index contributed by atoms with van der Waals surface area (Å²) in [4.78, 5) is 6.30. The van der Waals surface area contributed by atoms with Crippen molar-refractivity contribution in [1.29, 1.82) is 0 Å². The number of fused-ring (bicyclic) bond motifs is 1. The molecule has 26 heavy (non-hydrogen) atoms. The van der Waals surface area contributed by atoms with Gasteiger partial charge in [0, 0.05) is 31.3 Å². The molecule has 4 heteroatoms. The minimum atomic E-state index is 0.792. The van der Waals surface area contributed by atoms with Crippen molar-refractivity contribution in [3.05, 3.63) is 66.1 Å². The van der Waals surface area contributed by atoms with Gasteiger partial charge in [-0.15, -0.1) is 0 Å². The van der Waals surface area contributed by atoms with Gasteiger partial charge in [0.15, 0.2) is 0 Å². The zero-order chi connectivity index (χ0) is 18.0. The van der Waals surface area contributed by atoms with E-state index in [2.05, 4.69) is 58.8 Å². The third-order valence-electron chi connectivity index (χ3n) is 4.68. The van der Waals surface area contributed by atoms with Crippen molar-refractivity contribution in [1.82, 2.24) is 10.3 Å². The maximum Gasteiger partial charge on any atom is 0.119 e. The molecule has 0 bridgehead atoms. The van der Waals surface area contributed by atoms with Crippen LogP contribution in [0.15, 0.2) is 55.0 Å². The average molecular weight is 351 g/mol. The molecule has 4 nitrogen and oxygen atoms in total. The highest BCUT2D eigenvalue weighted by Crippen LogP contribution is 2.28. The molecule has 0 radical (unpaired) electrons. The highest BCUT2D eigenvalue weighted by atomic mass is 16.5. The van der Waals surface area contributed by atoms with E-state index in [9.17, 15) is 0 Å². The van der Waals surface area contributed by atoms with Gasteiger partial charge in [-0.3, -0.25) is 4.98 Å². The number of nitrogens with zero attached hydrogens (tertiary/aromatic N) is 2. The summed E-state index contributed by atoms with van der Waals surface area (Å²) in [7, 11) is 2.08. The molecule has 138 valence electrons. The third kappa shape index (κ3) is 5.60. The van der Waals surface area contributed by atoms with Gasteiger partial charge in [0.05, 0.1) is 6.61 Å². The minimum Gasteiger partial charge on any atom is -0.494 e. The molecule has 0 spiro atoms. The number of nitrogens with one attached hydrogen (secondary N) is 1. The first-order chi connectivity index (χ1) is 12.8. The summed E-state index contributed by atoms with van der Waals surface area (Å²) in [6.45, 7) is 2.87. The number of hydrogen-bond acceptors (Lipinski definition) is 4. The molecule has 3 rings (SSSR count). The van der Waals surface area contributed by atoms with Crippen molar-refractivity contribution in [2.75, 3.05) is 31.6 Å². The number of unbranched alkanes of at least 4 members (excludes halogenated alkanes) is 2. The quantitative estimate of drug-likeness (QED) is 0.657. The molecular formula is C22H29N3O. The molecule has 0 amide bonds. The van der Waals surface area contributed by atoms with Crippen LogP contribution in [0.1, 0.15) is 30.4 Å². The fourth-order valence-electron chi connectivity index (χ4n) is 3.20. The van der Waals surface area contributed by atoms with Crippen LogP contribution in [0.3, 0.4) is 0 Å². The lowest BCUT2D eigenvalue weighted by Crippen LogP contribution is -2.18. The Morgan fingerprint density at radius 1 is 1.15 bits per heavy atom. The van der Waals surface area contributed by atoms with E-state index >= 15 is 0 Å². The smallest absolute Gasteiger partial charge is 0.119 e. The van der Waals surface area contributed by atoms with Crippen LogP contribution < -0.4 is 15.0 Å². The maximum absolute atomic E-state index is 5.92. The summed E-state index contributed by atoms with van der Waals surface area (Å²) < 4.78 is 5.92. The second-order valence-electron chi connectivity index (χ2n) is 6.76. The molecular weight excluding hydrogens is 322 g/mol. The third-order valence-corrected chi connectivity index (χ3v) is 4.68. The summed E-state index contributed by atoms with van der Waals surface area (Å²) in [5, 5.41) is 3.50. The van der Waals surface area contributed by atoms with Gasteiger partial charge in [0.2, 0.25) is 0 Å². The Morgan fingerprint density at radius 3 is 3.00 bits per heavy atom. The van der Waals surface area contributed by atoms with E-state index in [0.29, 0.717) is 0 Å². The number of pyridine rings is 1. The molecule has 2 aromatic rings. The van der Waals surface area contributed by atoms with Gasteiger partial charge < -0.3 is 15.0 Å². The molecule has 1 N–H and O–H groups in total. The van der Waals surface area contributed by atoms with Crippen LogP contribution in [0.4, 0.5) is 5.69 Å². The summed E-state index contributed by atoms with van der Waals surface area (Å²) >= 11 is 0. The zero-order valence-electron chi connectivity index (χ0n) is 15.7. The first-order valence-corrected chi connectivity index (χ1v) is 9.58. The lowest BCUT2D eigenvalue weighted by molar-refractivity contribution is 0.304. The molecule has 1 aliphatic rings. The predicted octanol–water partition coefficient (Wildman–Crippen LogP) is 3.97. The normalized spacial score (nSPS) is 12.9. The fourth-order valence-corrected chi connectivity index (χ4v) is 3.20. The maximum atomic E-state index is 5.92. The Bertz CT molecular complexity index is 700. The van der Waals surface area contributed by atoms with E-state index in [1.54, 1.807) is 0 Å². The van der Waals surface area contributed by atoms with E-state index in [1.807, 2.05) is 18.5 Å². The number of aromatic nitrogens is 1. The number of anilines is 1. The van der Waals surface area contributed by atoms with Gasteiger partial charge in [-0.05, 0) is 80.6 Å². The van der Waals surface area contributed by atoms with Crippen LogP contribution in [0, 0.1) is 0 Å². The molecule has 1 aromatic carbocycles. The summed E-state index contributed by atoms with van der Waals surface area (Å²) in [5.41, 5.74) is 3.91. The Kier molecular flexibility index (Phi) is 7.08. The SMILES string of the molecule is CN1C=CCc2cc(OCCCCCNCCc3cccnc3)ccc21. The zero-order valence-corrected chi connectivity index (χ0v) is 15.7. The summed E-state index contributed by atoms with van der Waals surface area (Å²) in [5.74, 6) is 0.988. The predicted molar refractivity (Wildman–Crippen MR) is 108 cm³/mol. The molecule has 0 atom stereocenters. The van der Waals surface area contributed by atoms with Gasteiger partial charge in [0.1, 0.15) is 5.75 Å². The van der Waals surface area contributed by atoms with Gasteiger partial charge in [-0.1, -0.05) is 12.1 Å². The van der Waals surface area contributed by atoms with E-state index in [4.69, 9.17) is 4.74 Å². The van der Waals surface area contributed by atoms with Crippen LogP contribution in [0.5, 0.6) is 5.75 Å². The fraction of sp³-hybridized carbons (Fsp3) is 0.409. The lowest BCUT2D eigenvalue weighted by atomic mass is 10.1. The van der Waals surface area contributed by atoms with Gasteiger partial charge in [-0.25, -0.2) is 0 Å². The molecule has 2 heterocycles. The monoisotopic (exact) mass is 351 g/mol. The molecule has 0 saturated heterocycles. The van der Waals surface area contributed by atoms with Crippen LogP contribution >= 0.6 is 0 Å². The van der Waals surface area contributed by atoms with Crippen molar-refractivity contribution in [3.8, 4) is 5.75 Å². The second-order valence-corrected chi connectivity index (χ2v) is 6.76. The topological polar surface area (TPSA) is 37.4 Å². The first-order valence-electron chi connectivity index (χ1n) is 9.58. The minimum absolute atomic E-state index is 0.792. The number of benzene rings is 1. The van der Waals surface area contributed by atoms with E-state index < -0.39 is 0 Å². The molecule has 0 unspecified atom stereocenters. The summed E-state index contributed by atoms with van der Waals surface area (Å²) in [6.07, 6.45) is 13.6. The highest BCUT2D eigenvalue weighted by Gasteiger charge is 2.10. The van der Waals surface area contributed by atoms with Crippen molar-refractivity contribution >= 4 is 5.69 Å². The van der Waals surface area contributed by atoms with Crippen molar-refractivity contribution in [3.63, 3.8) is 0 Å². The molecule has 1 aliphatic heterocycles. The van der Waals surface area contributed by atoms with E-state index in [1.165, 1.54) is 29.7 Å². The number of ether oxygens (including phenoxy) is 1. The Labute approximate surface area is 156 Å². The van der Waals surface area contributed by atoms with Crippen LogP contribution in [0.25, 0.3) is 0 Å². The van der Waals surface area contributed by atoms with Crippen molar-refractivity contribution in [2.24, 2.45) is 0 Å². The highest BCUT2D eigenvalue weighted by molar-refractivity contribution is 5.60. The van der Waals surface area contributed by atoms with Crippen molar-refractivity contribution < 1.29 is 4.74 Å². The van der Waals surface area contributed by atoms with Crippen molar-refractivity contribution in [2.45, 2.75) is 32.1 Å². The van der Waals surface area contributed by atoms with E-state index in [0.717, 1.165) is 44.7 Å². The summed E-state index contributed by atoms with van der Waals surface area (Å²) in [6, 6.07) is 10.5. The molecule has 0 fully saturated rings. The average Bonchev–Trinajstić information content (AvgIpc) is 2.67. The Hall–Kier alpha value is -2.33. The largest absolute Gasteiger partial charge is 0.494 e. The molecule has 0 aliphatic carbocycles. The second kappa shape index (κ2) is 9.97. The van der Waals surface area contributed by atoms with Crippen LogP contribution in [-0.4, -0.2) is 31.7 Å². The number of rotatable bonds is 10. The van der Waals surface area contributed by atoms with Gasteiger partial charge >= 0.3 is 0 Å². The van der Waals surface area contributed by atoms with E-state index in [-0.39, 0.29) is 0 Å².